The molecule has 0 saturated heterocycles. The second-order valence-electron chi connectivity index (χ2n) is 4.76. The van der Waals surface area contributed by atoms with Gasteiger partial charge in [-0.1, -0.05) is 12.1 Å². The van der Waals surface area contributed by atoms with Gasteiger partial charge in [0.05, 0.1) is 0 Å². The van der Waals surface area contributed by atoms with Gasteiger partial charge < -0.3 is 15.1 Å². The van der Waals surface area contributed by atoms with Gasteiger partial charge in [0.1, 0.15) is 11.3 Å². The Kier molecular flexibility index (Phi) is 3.34. The van der Waals surface area contributed by atoms with E-state index in [4.69, 9.17) is 0 Å². The Labute approximate surface area is 112 Å². The van der Waals surface area contributed by atoms with Crippen molar-refractivity contribution in [1.82, 2.24) is 0 Å². The lowest BCUT2D eigenvalue weighted by Gasteiger charge is -2.30. The van der Waals surface area contributed by atoms with Crippen molar-refractivity contribution >= 4 is 11.7 Å². The van der Waals surface area contributed by atoms with Gasteiger partial charge in [-0.3, -0.25) is 0 Å². The Morgan fingerprint density at radius 2 is 1.95 bits per heavy atom. The molecule has 1 aliphatic heterocycles. The number of hydrogen-bond acceptors (Lipinski definition) is 3. The number of carboxylic acids is 1. The summed E-state index contributed by atoms with van der Waals surface area (Å²) in [5, 5.41) is 18.9. The minimum atomic E-state index is -1.11. The smallest absolute Gasteiger partial charge is 0.341 e. The summed E-state index contributed by atoms with van der Waals surface area (Å²) in [6, 6.07) is 6.05. The first-order valence-corrected chi connectivity index (χ1v) is 6.10. The highest BCUT2D eigenvalue weighted by molar-refractivity contribution is 5.93. The van der Waals surface area contributed by atoms with Crippen molar-refractivity contribution in [2.24, 2.45) is 0 Å². The second kappa shape index (κ2) is 4.80. The lowest BCUT2D eigenvalue weighted by atomic mass is 10.0. The fourth-order valence-electron chi connectivity index (χ4n) is 2.29. The normalized spacial score (nSPS) is 15.5. The van der Waals surface area contributed by atoms with Crippen molar-refractivity contribution in [3.8, 4) is 0 Å². The molecule has 4 nitrogen and oxygen atoms in total. The zero-order valence-electron chi connectivity index (χ0n) is 11.3. The van der Waals surface area contributed by atoms with Crippen LogP contribution in [0.15, 0.2) is 41.3 Å². The average molecular weight is 259 g/mol. The van der Waals surface area contributed by atoms with E-state index in [1.165, 1.54) is 6.08 Å². The zero-order valence-corrected chi connectivity index (χ0v) is 11.3. The molecular formula is C15H17NO3. The number of carboxylic acid groups (broad SMARTS) is 1. The molecule has 0 amide bonds. The number of anilines is 1. The van der Waals surface area contributed by atoms with Gasteiger partial charge in [0.25, 0.3) is 0 Å². The number of nitrogens with zero attached hydrogens (tertiary/aromatic N) is 1. The minimum absolute atomic E-state index is 0.0350. The standard InChI is InChI=1S/C15H17NO3/c1-9-4-5-10(2)12(8-9)16-7-6-13(17)14(11(16)3)15(18)19/h4-6,8,17H,7H2,1-3H3,(H,18,19). The number of aliphatic hydroxyl groups is 1. The van der Waals surface area contributed by atoms with Gasteiger partial charge in [-0.2, -0.15) is 0 Å². The quantitative estimate of drug-likeness (QED) is 0.857. The van der Waals surface area contributed by atoms with Crippen LogP contribution in [0.1, 0.15) is 18.1 Å². The van der Waals surface area contributed by atoms with E-state index in [2.05, 4.69) is 0 Å². The molecule has 1 aromatic rings. The van der Waals surface area contributed by atoms with E-state index in [9.17, 15) is 15.0 Å². The average Bonchev–Trinajstić information content (AvgIpc) is 2.32. The highest BCUT2D eigenvalue weighted by Crippen LogP contribution is 2.30. The van der Waals surface area contributed by atoms with Crippen LogP contribution in [-0.4, -0.2) is 22.7 Å². The van der Waals surface area contributed by atoms with Gasteiger partial charge in [-0.05, 0) is 44.0 Å². The number of benzene rings is 1. The Morgan fingerprint density at radius 1 is 1.26 bits per heavy atom. The van der Waals surface area contributed by atoms with E-state index in [0.29, 0.717) is 12.2 Å². The van der Waals surface area contributed by atoms with Crippen molar-refractivity contribution in [2.45, 2.75) is 20.8 Å². The largest absolute Gasteiger partial charge is 0.507 e. The summed E-state index contributed by atoms with van der Waals surface area (Å²) in [5.41, 5.74) is 3.68. The highest BCUT2D eigenvalue weighted by Gasteiger charge is 2.25. The van der Waals surface area contributed by atoms with Gasteiger partial charge >= 0.3 is 5.97 Å². The molecule has 0 radical (unpaired) electrons. The maximum atomic E-state index is 11.2. The van der Waals surface area contributed by atoms with Crippen molar-refractivity contribution in [2.75, 3.05) is 11.4 Å². The summed E-state index contributed by atoms with van der Waals surface area (Å²) in [5.74, 6) is -1.27. The molecule has 0 bridgehead atoms. The molecule has 0 spiro atoms. The molecule has 0 saturated carbocycles. The van der Waals surface area contributed by atoms with E-state index in [0.717, 1.165) is 16.8 Å². The third kappa shape index (κ3) is 2.34. The van der Waals surface area contributed by atoms with Crippen LogP contribution in [-0.2, 0) is 4.79 Å². The van der Waals surface area contributed by atoms with Crippen LogP contribution in [0.25, 0.3) is 0 Å². The predicted molar refractivity (Wildman–Crippen MR) is 74.3 cm³/mol. The molecule has 1 aliphatic rings. The van der Waals surface area contributed by atoms with E-state index < -0.39 is 5.97 Å². The number of aliphatic carboxylic acids is 1. The monoisotopic (exact) mass is 259 g/mol. The highest BCUT2D eigenvalue weighted by atomic mass is 16.4. The number of aryl methyl sites for hydroxylation is 2. The van der Waals surface area contributed by atoms with Crippen LogP contribution in [0.2, 0.25) is 0 Å². The van der Waals surface area contributed by atoms with E-state index in [1.807, 2.05) is 36.9 Å². The maximum Gasteiger partial charge on any atom is 0.341 e. The Bertz CT molecular complexity index is 599. The summed E-state index contributed by atoms with van der Waals surface area (Å²) in [7, 11) is 0. The van der Waals surface area contributed by atoms with E-state index >= 15 is 0 Å². The van der Waals surface area contributed by atoms with Gasteiger partial charge in [0, 0.05) is 17.9 Å². The summed E-state index contributed by atoms with van der Waals surface area (Å²) in [4.78, 5) is 13.1. The SMILES string of the molecule is CC1=C(C(=O)O)C(O)=CCN1c1cc(C)ccc1C. The Morgan fingerprint density at radius 3 is 2.58 bits per heavy atom. The maximum absolute atomic E-state index is 11.2. The molecule has 0 aromatic heterocycles. The molecule has 19 heavy (non-hydrogen) atoms. The van der Waals surface area contributed by atoms with Crippen LogP contribution in [0.4, 0.5) is 5.69 Å². The molecule has 0 fully saturated rings. The van der Waals surface area contributed by atoms with Gasteiger partial charge in [-0.25, -0.2) is 4.79 Å². The van der Waals surface area contributed by atoms with Crippen LogP contribution in [0, 0.1) is 13.8 Å². The Hall–Kier alpha value is -2.23. The topological polar surface area (TPSA) is 60.8 Å². The lowest BCUT2D eigenvalue weighted by molar-refractivity contribution is -0.132. The van der Waals surface area contributed by atoms with Crippen molar-refractivity contribution in [3.63, 3.8) is 0 Å². The van der Waals surface area contributed by atoms with E-state index in [1.54, 1.807) is 6.92 Å². The summed E-state index contributed by atoms with van der Waals surface area (Å²) < 4.78 is 0. The molecule has 2 rings (SSSR count). The molecule has 1 aromatic carbocycles. The van der Waals surface area contributed by atoms with Crippen LogP contribution < -0.4 is 4.90 Å². The van der Waals surface area contributed by atoms with Crippen LogP contribution in [0.5, 0.6) is 0 Å². The van der Waals surface area contributed by atoms with Crippen molar-refractivity contribution < 1.29 is 15.0 Å². The van der Waals surface area contributed by atoms with E-state index in [-0.39, 0.29) is 11.3 Å². The summed E-state index contributed by atoms with van der Waals surface area (Å²) >= 11 is 0. The van der Waals surface area contributed by atoms with Crippen LogP contribution >= 0.6 is 0 Å². The summed E-state index contributed by atoms with van der Waals surface area (Å²) in [6.45, 7) is 6.17. The molecule has 2 N–H and O–H groups in total. The number of aliphatic hydroxyl groups excluding tert-OH is 1. The molecular weight excluding hydrogens is 242 g/mol. The fourth-order valence-corrected chi connectivity index (χ4v) is 2.29. The lowest BCUT2D eigenvalue weighted by Crippen LogP contribution is -2.29. The minimum Gasteiger partial charge on any atom is -0.507 e. The van der Waals surface area contributed by atoms with Gasteiger partial charge in [-0.15, -0.1) is 0 Å². The van der Waals surface area contributed by atoms with Crippen LogP contribution in [0.3, 0.4) is 0 Å². The molecule has 4 heteroatoms. The third-order valence-corrected chi connectivity index (χ3v) is 3.36. The van der Waals surface area contributed by atoms with Crippen molar-refractivity contribution in [1.29, 1.82) is 0 Å². The molecule has 0 atom stereocenters. The fraction of sp³-hybridized carbons (Fsp3) is 0.267. The first-order chi connectivity index (χ1) is 8.91. The number of rotatable bonds is 2. The molecule has 0 aliphatic carbocycles. The molecule has 1 heterocycles. The first kappa shape index (κ1) is 13.2. The number of hydrogen-bond donors (Lipinski definition) is 2. The molecule has 100 valence electrons. The van der Waals surface area contributed by atoms with Gasteiger partial charge in [0.2, 0.25) is 0 Å². The number of allylic oxidation sites excluding steroid dienone is 1. The number of carbonyl (C=O) groups is 1. The zero-order chi connectivity index (χ0) is 14.2. The third-order valence-electron chi connectivity index (χ3n) is 3.36. The second-order valence-corrected chi connectivity index (χ2v) is 4.76. The molecule has 0 unspecified atom stereocenters. The van der Waals surface area contributed by atoms with Crippen molar-refractivity contribution in [3.05, 3.63) is 52.4 Å². The Balaban J connectivity index is 2.53. The predicted octanol–water partition coefficient (Wildman–Crippen LogP) is 2.92. The first-order valence-electron chi connectivity index (χ1n) is 6.10. The van der Waals surface area contributed by atoms with Gasteiger partial charge in [0.15, 0.2) is 0 Å². The summed E-state index contributed by atoms with van der Waals surface area (Å²) in [6.07, 6.45) is 1.53.